The highest BCUT2D eigenvalue weighted by Crippen LogP contribution is 2.36. The fourth-order valence-corrected chi connectivity index (χ4v) is 4.58. The number of carbonyl (C=O) groups is 2. The largest absolute Gasteiger partial charge is 0.465 e. The third kappa shape index (κ3) is 5.25. The summed E-state index contributed by atoms with van der Waals surface area (Å²) in [5.41, 5.74) is 1.75. The quantitative estimate of drug-likeness (QED) is 0.779. The fraction of sp³-hybridized carbons (Fsp3) is 0.588. The molecule has 0 bridgehead atoms. The Bertz CT molecular complexity index is 635. The average molecular weight is 367 g/mol. The van der Waals surface area contributed by atoms with E-state index in [1.165, 1.54) is 40.8 Å². The maximum Gasteiger partial charge on any atom is 0.315 e. The van der Waals surface area contributed by atoms with Gasteiger partial charge < -0.3 is 10.1 Å². The van der Waals surface area contributed by atoms with Crippen molar-refractivity contribution in [3.05, 3.63) is 16.0 Å². The topological polar surface area (TPSA) is 79.2 Å². The molecule has 0 saturated heterocycles. The van der Waals surface area contributed by atoms with E-state index in [0.29, 0.717) is 17.2 Å². The van der Waals surface area contributed by atoms with Gasteiger partial charge in [-0.2, -0.15) is 5.26 Å². The Morgan fingerprint density at radius 3 is 2.71 bits per heavy atom. The summed E-state index contributed by atoms with van der Waals surface area (Å²) >= 11 is 2.75. The zero-order valence-electron chi connectivity index (χ0n) is 13.9. The van der Waals surface area contributed by atoms with E-state index in [1.54, 1.807) is 6.92 Å². The maximum absolute atomic E-state index is 12.1. The SMILES string of the molecule is CCOC(=O)CSCC(=O)Nc1sc2c(c1C#N)CCCCCC2. The third-order valence-corrected chi connectivity index (χ3v) is 5.91. The Balaban J connectivity index is 1.96. The van der Waals surface area contributed by atoms with Crippen molar-refractivity contribution in [1.82, 2.24) is 0 Å². The zero-order valence-corrected chi connectivity index (χ0v) is 15.5. The Hall–Kier alpha value is -1.52. The van der Waals surface area contributed by atoms with Gasteiger partial charge in [-0.25, -0.2) is 0 Å². The molecule has 0 spiro atoms. The van der Waals surface area contributed by atoms with Crippen LogP contribution in [0.5, 0.6) is 0 Å². The van der Waals surface area contributed by atoms with Crippen LogP contribution in [0.15, 0.2) is 0 Å². The molecule has 0 saturated carbocycles. The lowest BCUT2D eigenvalue weighted by Crippen LogP contribution is -2.16. The van der Waals surface area contributed by atoms with E-state index < -0.39 is 0 Å². The van der Waals surface area contributed by atoms with Crippen LogP contribution in [0.1, 0.15) is 48.6 Å². The molecular formula is C17H22N2O3S2. The second-order valence-electron chi connectivity index (χ2n) is 5.58. The van der Waals surface area contributed by atoms with Crippen molar-refractivity contribution in [2.45, 2.75) is 45.4 Å². The molecule has 1 heterocycles. The molecule has 0 atom stereocenters. The van der Waals surface area contributed by atoms with Crippen LogP contribution in [0, 0.1) is 11.3 Å². The number of thioether (sulfide) groups is 1. The number of nitriles is 1. The number of esters is 1. The van der Waals surface area contributed by atoms with Crippen molar-refractivity contribution >= 4 is 40.0 Å². The zero-order chi connectivity index (χ0) is 17.4. The number of nitrogens with zero attached hydrogens (tertiary/aromatic N) is 1. The molecule has 0 fully saturated rings. The van der Waals surface area contributed by atoms with Crippen molar-refractivity contribution in [1.29, 1.82) is 5.26 Å². The Morgan fingerprint density at radius 1 is 1.25 bits per heavy atom. The van der Waals surface area contributed by atoms with Crippen molar-refractivity contribution in [2.24, 2.45) is 0 Å². The van der Waals surface area contributed by atoms with Crippen molar-refractivity contribution in [2.75, 3.05) is 23.4 Å². The molecule has 1 aliphatic carbocycles. The first-order valence-electron chi connectivity index (χ1n) is 8.23. The molecule has 1 aliphatic rings. The third-order valence-electron chi connectivity index (χ3n) is 3.79. The highest BCUT2D eigenvalue weighted by Gasteiger charge is 2.20. The van der Waals surface area contributed by atoms with E-state index in [9.17, 15) is 14.9 Å². The summed E-state index contributed by atoms with van der Waals surface area (Å²) in [6.07, 6.45) is 6.57. The molecule has 0 aromatic carbocycles. The van der Waals surface area contributed by atoms with E-state index in [4.69, 9.17) is 4.74 Å². The van der Waals surface area contributed by atoms with Crippen molar-refractivity contribution in [3.63, 3.8) is 0 Å². The first kappa shape index (κ1) is 18.8. The van der Waals surface area contributed by atoms with E-state index in [2.05, 4.69) is 11.4 Å². The summed E-state index contributed by atoms with van der Waals surface area (Å²) in [5.74, 6) is -0.165. The van der Waals surface area contributed by atoms with Gasteiger partial charge in [-0.05, 0) is 38.2 Å². The highest BCUT2D eigenvalue weighted by atomic mass is 32.2. The summed E-state index contributed by atoms with van der Waals surface area (Å²) in [6, 6.07) is 2.26. The number of aryl methyl sites for hydroxylation is 1. The van der Waals surface area contributed by atoms with Crippen LogP contribution >= 0.6 is 23.1 Å². The van der Waals surface area contributed by atoms with Crippen LogP contribution in [0.3, 0.4) is 0 Å². The molecule has 5 nitrogen and oxygen atoms in total. The van der Waals surface area contributed by atoms with Crippen LogP contribution in [-0.4, -0.2) is 30.0 Å². The lowest BCUT2D eigenvalue weighted by Gasteiger charge is -2.08. The van der Waals surface area contributed by atoms with Crippen molar-refractivity contribution < 1.29 is 14.3 Å². The number of hydrogen-bond acceptors (Lipinski definition) is 6. The minimum atomic E-state index is -0.313. The Labute approximate surface area is 150 Å². The number of hydrogen-bond donors (Lipinski definition) is 1. The minimum absolute atomic E-state index is 0.160. The van der Waals surface area contributed by atoms with E-state index >= 15 is 0 Å². The van der Waals surface area contributed by atoms with Gasteiger partial charge in [0.1, 0.15) is 11.1 Å². The molecule has 7 heteroatoms. The van der Waals surface area contributed by atoms with Gasteiger partial charge in [0, 0.05) is 4.88 Å². The van der Waals surface area contributed by atoms with Gasteiger partial charge in [-0.1, -0.05) is 12.8 Å². The first-order valence-corrected chi connectivity index (χ1v) is 10.2. The lowest BCUT2D eigenvalue weighted by molar-refractivity contribution is -0.139. The van der Waals surface area contributed by atoms with Crippen molar-refractivity contribution in [3.8, 4) is 6.07 Å². The number of rotatable bonds is 6. The predicted molar refractivity (Wildman–Crippen MR) is 97.5 cm³/mol. The van der Waals surface area contributed by atoms with Crippen LogP contribution in [0.4, 0.5) is 5.00 Å². The Morgan fingerprint density at radius 2 is 2.00 bits per heavy atom. The number of carbonyl (C=O) groups excluding carboxylic acids is 2. The van der Waals surface area contributed by atoms with Gasteiger partial charge in [-0.3, -0.25) is 9.59 Å². The van der Waals surface area contributed by atoms with Crippen LogP contribution in [0.25, 0.3) is 0 Å². The van der Waals surface area contributed by atoms with Gasteiger partial charge in [0.15, 0.2) is 0 Å². The molecule has 130 valence electrons. The number of fused-ring (bicyclic) bond motifs is 1. The molecule has 0 aliphatic heterocycles. The fourth-order valence-electron chi connectivity index (χ4n) is 2.72. The van der Waals surface area contributed by atoms with Crippen LogP contribution in [-0.2, 0) is 27.2 Å². The molecular weight excluding hydrogens is 344 g/mol. The van der Waals surface area contributed by atoms with Crippen LogP contribution < -0.4 is 5.32 Å². The van der Waals surface area contributed by atoms with Gasteiger partial charge in [0.2, 0.25) is 5.91 Å². The summed E-state index contributed by atoms with van der Waals surface area (Å²) in [6.45, 7) is 2.10. The number of amides is 1. The molecule has 0 radical (unpaired) electrons. The standard InChI is InChI=1S/C17H22N2O3S2/c1-2-22-16(21)11-23-10-15(20)19-17-13(9-18)12-7-5-3-4-6-8-14(12)24-17/h2-8,10-11H2,1H3,(H,19,20). The minimum Gasteiger partial charge on any atom is -0.465 e. The smallest absolute Gasteiger partial charge is 0.315 e. The number of thiophene rings is 1. The molecule has 1 aromatic rings. The molecule has 1 aromatic heterocycles. The molecule has 0 unspecified atom stereocenters. The normalized spacial score (nSPS) is 14.0. The second kappa shape index (κ2) is 9.70. The molecule has 1 N–H and O–H groups in total. The monoisotopic (exact) mass is 366 g/mol. The highest BCUT2D eigenvalue weighted by molar-refractivity contribution is 8.00. The predicted octanol–water partition coefficient (Wildman–Crippen LogP) is 3.51. The first-order chi connectivity index (χ1) is 11.7. The van der Waals surface area contributed by atoms with Gasteiger partial charge in [0.25, 0.3) is 0 Å². The van der Waals surface area contributed by atoms with Gasteiger partial charge >= 0.3 is 5.97 Å². The molecule has 1 amide bonds. The lowest BCUT2D eigenvalue weighted by atomic mass is 9.97. The summed E-state index contributed by atoms with van der Waals surface area (Å²) in [5, 5.41) is 13.0. The Kier molecular flexibility index (Phi) is 7.60. The number of ether oxygens (including phenoxy) is 1. The van der Waals surface area contributed by atoms with E-state index in [-0.39, 0.29) is 23.4 Å². The second-order valence-corrected chi connectivity index (χ2v) is 7.67. The number of nitrogens with one attached hydrogen (secondary N) is 1. The molecule has 24 heavy (non-hydrogen) atoms. The number of anilines is 1. The van der Waals surface area contributed by atoms with Gasteiger partial charge in [-0.15, -0.1) is 23.1 Å². The van der Waals surface area contributed by atoms with E-state index in [1.807, 2.05) is 0 Å². The van der Waals surface area contributed by atoms with E-state index in [0.717, 1.165) is 31.2 Å². The van der Waals surface area contributed by atoms with Gasteiger partial charge in [0.05, 0.1) is 23.7 Å². The molecule has 2 rings (SSSR count). The van der Waals surface area contributed by atoms with Crippen LogP contribution in [0.2, 0.25) is 0 Å². The average Bonchev–Trinajstić information content (AvgIpc) is 2.83. The summed E-state index contributed by atoms with van der Waals surface area (Å²) < 4.78 is 4.82. The maximum atomic E-state index is 12.1. The summed E-state index contributed by atoms with van der Waals surface area (Å²) in [4.78, 5) is 24.6. The summed E-state index contributed by atoms with van der Waals surface area (Å²) in [7, 11) is 0.